The van der Waals surface area contributed by atoms with Gasteiger partial charge >= 0.3 is 0 Å². The zero-order valence-corrected chi connectivity index (χ0v) is 15.1. The largest absolute Gasteiger partial charge is 0.454 e. The number of furan rings is 1. The Morgan fingerprint density at radius 3 is 2.19 bits per heavy atom. The first-order chi connectivity index (χ1) is 13.3. The molecule has 2 nitrogen and oxygen atoms in total. The Morgan fingerprint density at radius 2 is 1.33 bits per heavy atom. The van der Waals surface area contributed by atoms with Crippen LogP contribution in [0.25, 0.3) is 21.9 Å². The maximum absolute atomic E-state index is 6.30. The Hall–Kier alpha value is -3.52. The van der Waals surface area contributed by atoms with Crippen LogP contribution in [0.3, 0.4) is 0 Å². The second-order valence-corrected chi connectivity index (χ2v) is 6.76. The number of hydrogen-bond acceptors (Lipinski definition) is 2. The number of rotatable bonds is 3. The van der Waals surface area contributed by atoms with E-state index < -0.39 is 0 Å². The van der Waals surface area contributed by atoms with Gasteiger partial charge in [0.2, 0.25) is 0 Å². The molecule has 1 aromatic heterocycles. The average Bonchev–Trinajstić information content (AvgIpc) is 3.09. The van der Waals surface area contributed by atoms with Crippen molar-refractivity contribution in [1.82, 2.24) is 0 Å². The molecule has 0 unspecified atom stereocenters. The summed E-state index contributed by atoms with van der Waals surface area (Å²) in [6.07, 6.45) is 0. The van der Waals surface area contributed by atoms with Gasteiger partial charge in [-0.2, -0.15) is 0 Å². The van der Waals surface area contributed by atoms with Crippen molar-refractivity contribution in [1.29, 1.82) is 0 Å². The maximum atomic E-state index is 6.30. The fraction of sp³-hybridized carbons (Fsp3) is 0.0400. The van der Waals surface area contributed by atoms with Crippen molar-refractivity contribution in [3.05, 3.63) is 103 Å². The van der Waals surface area contributed by atoms with Gasteiger partial charge in [0.15, 0.2) is 5.58 Å². The highest BCUT2D eigenvalue weighted by Crippen LogP contribution is 2.41. The highest BCUT2D eigenvalue weighted by molar-refractivity contribution is 6.10. The highest BCUT2D eigenvalue weighted by atomic mass is 16.3. The molecule has 0 radical (unpaired) electrons. The molecular formula is C25H19NO. The molecular weight excluding hydrogens is 330 g/mol. The maximum Gasteiger partial charge on any atom is 0.159 e. The van der Waals surface area contributed by atoms with Gasteiger partial charge in [-0.25, -0.2) is 0 Å². The summed E-state index contributed by atoms with van der Waals surface area (Å²) in [5.41, 5.74) is 6.32. The standard InChI is InChI=1S/C25H19NO/c1-18-9-7-12-20(17-18)26(19-10-3-2-4-11-19)23-15-8-14-22-21-13-5-6-16-24(21)27-25(22)23/h2-17H,1H3. The molecule has 0 aliphatic rings. The molecule has 0 saturated heterocycles. The van der Waals surface area contributed by atoms with Crippen molar-refractivity contribution in [2.45, 2.75) is 6.92 Å². The van der Waals surface area contributed by atoms with Crippen LogP contribution in [0.5, 0.6) is 0 Å². The minimum Gasteiger partial charge on any atom is -0.454 e. The molecule has 1 heterocycles. The molecule has 130 valence electrons. The topological polar surface area (TPSA) is 16.4 Å². The normalized spacial score (nSPS) is 11.1. The van der Waals surface area contributed by atoms with Crippen molar-refractivity contribution >= 4 is 39.0 Å². The lowest BCUT2D eigenvalue weighted by Crippen LogP contribution is -2.10. The lowest BCUT2D eigenvalue weighted by molar-refractivity contribution is 0.669. The first kappa shape index (κ1) is 15.7. The van der Waals surface area contributed by atoms with Crippen LogP contribution >= 0.6 is 0 Å². The Labute approximate surface area is 158 Å². The highest BCUT2D eigenvalue weighted by Gasteiger charge is 2.18. The third-order valence-corrected chi connectivity index (χ3v) is 4.90. The number of fused-ring (bicyclic) bond motifs is 3. The summed E-state index contributed by atoms with van der Waals surface area (Å²) in [6.45, 7) is 2.12. The third-order valence-electron chi connectivity index (χ3n) is 4.90. The van der Waals surface area contributed by atoms with Gasteiger partial charge in [-0.15, -0.1) is 0 Å². The summed E-state index contributed by atoms with van der Waals surface area (Å²) in [5, 5.41) is 2.28. The van der Waals surface area contributed by atoms with E-state index in [0.29, 0.717) is 0 Å². The number of para-hydroxylation sites is 3. The molecule has 2 heteroatoms. The van der Waals surface area contributed by atoms with Gasteiger partial charge in [0, 0.05) is 22.1 Å². The third kappa shape index (κ3) is 2.67. The summed E-state index contributed by atoms with van der Waals surface area (Å²) in [7, 11) is 0. The molecule has 0 amide bonds. The Bertz CT molecular complexity index is 1240. The quantitative estimate of drug-likeness (QED) is 0.338. The smallest absolute Gasteiger partial charge is 0.159 e. The molecule has 0 N–H and O–H groups in total. The van der Waals surface area contributed by atoms with Gasteiger partial charge in [0.25, 0.3) is 0 Å². The SMILES string of the molecule is Cc1cccc(N(c2ccccc2)c2cccc3c2oc2ccccc23)c1. The fourth-order valence-electron chi connectivity index (χ4n) is 3.68. The zero-order chi connectivity index (χ0) is 18.2. The lowest BCUT2D eigenvalue weighted by atomic mass is 10.1. The van der Waals surface area contributed by atoms with E-state index >= 15 is 0 Å². The van der Waals surface area contributed by atoms with E-state index in [4.69, 9.17) is 4.42 Å². The molecule has 0 bridgehead atoms. The Morgan fingerprint density at radius 1 is 0.630 bits per heavy atom. The average molecular weight is 349 g/mol. The van der Waals surface area contributed by atoms with Gasteiger partial charge in [-0.1, -0.05) is 60.7 Å². The van der Waals surface area contributed by atoms with Crippen molar-refractivity contribution in [3.63, 3.8) is 0 Å². The zero-order valence-electron chi connectivity index (χ0n) is 15.1. The first-order valence-corrected chi connectivity index (χ1v) is 9.13. The van der Waals surface area contributed by atoms with Crippen LogP contribution < -0.4 is 4.90 Å². The molecule has 4 aromatic carbocycles. The Balaban J connectivity index is 1.82. The predicted molar refractivity (Wildman–Crippen MR) is 113 cm³/mol. The van der Waals surface area contributed by atoms with Gasteiger partial charge < -0.3 is 9.32 Å². The molecule has 0 aliphatic carbocycles. The number of hydrogen-bond donors (Lipinski definition) is 0. The van der Waals surface area contributed by atoms with Crippen molar-refractivity contribution in [3.8, 4) is 0 Å². The van der Waals surface area contributed by atoms with Gasteiger partial charge in [-0.05, 0) is 48.9 Å². The molecule has 27 heavy (non-hydrogen) atoms. The minimum atomic E-state index is 0.907. The molecule has 5 rings (SSSR count). The van der Waals surface area contributed by atoms with Crippen LogP contribution in [0.2, 0.25) is 0 Å². The molecule has 0 atom stereocenters. The minimum absolute atomic E-state index is 0.907. The van der Waals surface area contributed by atoms with Crippen molar-refractivity contribution in [2.24, 2.45) is 0 Å². The summed E-state index contributed by atoms with van der Waals surface area (Å²) in [5.74, 6) is 0. The van der Waals surface area contributed by atoms with Crippen molar-refractivity contribution < 1.29 is 4.42 Å². The second kappa shape index (κ2) is 6.33. The monoisotopic (exact) mass is 349 g/mol. The fourth-order valence-corrected chi connectivity index (χ4v) is 3.68. The first-order valence-electron chi connectivity index (χ1n) is 9.13. The van der Waals surface area contributed by atoms with Crippen LogP contribution in [0.4, 0.5) is 17.1 Å². The Kier molecular flexibility index (Phi) is 3.68. The number of aryl methyl sites for hydroxylation is 1. The van der Waals surface area contributed by atoms with Crippen LogP contribution in [0.15, 0.2) is 101 Å². The summed E-state index contributed by atoms with van der Waals surface area (Å²) >= 11 is 0. The lowest BCUT2D eigenvalue weighted by Gasteiger charge is -2.25. The van der Waals surface area contributed by atoms with Crippen molar-refractivity contribution in [2.75, 3.05) is 4.90 Å². The molecule has 0 aliphatic heterocycles. The van der Waals surface area contributed by atoms with E-state index in [1.807, 2.05) is 18.2 Å². The van der Waals surface area contributed by atoms with Crippen LogP contribution in [-0.4, -0.2) is 0 Å². The van der Waals surface area contributed by atoms with Gasteiger partial charge in [-0.3, -0.25) is 0 Å². The number of anilines is 3. The molecule has 0 spiro atoms. The van der Waals surface area contributed by atoms with E-state index in [-0.39, 0.29) is 0 Å². The van der Waals surface area contributed by atoms with Crippen LogP contribution in [-0.2, 0) is 0 Å². The van der Waals surface area contributed by atoms with Gasteiger partial charge in [0.1, 0.15) is 5.58 Å². The predicted octanol–water partition coefficient (Wildman–Crippen LogP) is 7.36. The van der Waals surface area contributed by atoms with Crippen LogP contribution in [0.1, 0.15) is 5.56 Å². The van der Waals surface area contributed by atoms with E-state index in [2.05, 4.69) is 90.7 Å². The van der Waals surface area contributed by atoms with Gasteiger partial charge in [0.05, 0.1) is 5.69 Å². The van der Waals surface area contributed by atoms with E-state index in [0.717, 1.165) is 39.0 Å². The number of benzene rings is 4. The van der Waals surface area contributed by atoms with E-state index in [9.17, 15) is 0 Å². The van der Waals surface area contributed by atoms with E-state index in [1.54, 1.807) is 0 Å². The second-order valence-electron chi connectivity index (χ2n) is 6.76. The summed E-state index contributed by atoms with van der Waals surface area (Å²) < 4.78 is 6.30. The molecule has 0 saturated carbocycles. The van der Waals surface area contributed by atoms with Crippen LogP contribution in [0, 0.1) is 6.92 Å². The molecule has 0 fully saturated rings. The summed E-state index contributed by atoms with van der Waals surface area (Å²) in [6, 6.07) is 33.6. The molecule has 5 aromatic rings. The van der Waals surface area contributed by atoms with E-state index in [1.165, 1.54) is 5.56 Å². The number of nitrogens with zero attached hydrogens (tertiary/aromatic N) is 1. The summed E-state index contributed by atoms with van der Waals surface area (Å²) in [4.78, 5) is 2.26.